The van der Waals surface area contributed by atoms with Crippen molar-refractivity contribution in [3.63, 3.8) is 0 Å². The Morgan fingerprint density at radius 1 is 1.05 bits per heavy atom. The highest BCUT2D eigenvalue weighted by Crippen LogP contribution is 2.28. The summed E-state index contributed by atoms with van der Waals surface area (Å²) in [7, 11) is 3.56. The standard InChI is InChI=1S/C15H18N2O2/c1-16-10-13-3-4-14(18-2)15(9-13)19-11-12-5-7-17-8-6-12/h3-9,16H,10-11H2,1-2H3. The molecular weight excluding hydrogens is 240 g/mol. The number of hydrogen-bond acceptors (Lipinski definition) is 4. The molecule has 0 aliphatic rings. The third-order valence-electron chi connectivity index (χ3n) is 2.75. The summed E-state index contributed by atoms with van der Waals surface area (Å²) < 4.78 is 11.1. The molecule has 1 N–H and O–H groups in total. The number of benzene rings is 1. The first-order chi connectivity index (χ1) is 9.33. The Morgan fingerprint density at radius 3 is 2.53 bits per heavy atom. The van der Waals surface area contributed by atoms with Crippen LogP contribution in [0.15, 0.2) is 42.7 Å². The summed E-state index contributed by atoms with van der Waals surface area (Å²) in [4.78, 5) is 3.98. The molecule has 0 spiro atoms. The van der Waals surface area contributed by atoms with E-state index in [-0.39, 0.29) is 0 Å². The van der Waals surface area contributed by atoms with Gasteiger partial charge in [0.25, 0.3) is 0 Å². The SMILES string of the molecule is CNCc1ccc(OC)c(OCc2ccncc2)c1. The average molecular weight is 258 g/mol. The molecule has 1 heterocycles. The number of nitrogens with zero attached hydrogens (tertiary/aromatic N) is 1. The van der Waals surface area contributed by atoms with Crippen LogP contribution in [0.25, 0.3) is 0 Å². The number of methoxy groups -OCH3 is 1. The number of hydrogen-bond donors (Lipinski definition) is 1. The van der Waals surface area contributed by atoms with E-state index in [0.29, 0.717) is 6.61 Å². The molecule has 0 amide bonds. The molecule has 2 aromatic rings. The van der Waals surface area contributed by atoms with Gasteiger partial charge in [0, 0.05) is 18.9 Å². The molecule has 4 nitrogen and oxygen atoms in total. The highest BCUT2D eigenvalue weighted by molar-refractivity contribution is 5.43. The van der Waals surface area contributed by atoms with Crippen molar-refractivity contribution < 1.29 is 9.47 Å². The first-order valence-corrected chi connectivity index (χ1v) is 6.16. The van der Waals surface area contributed by atoms with Crippen LogP contribution in [0.2, 0.25) is 0 Å². The fourth-order valence-electron chi connectivity index (χ4n) is 1.79. The molecule has 0 unspecified atom stereocenters. The fourth-order valence-corrected chi connectivity index (χ4v) is 1.79. The molecule has 0 saturated carbocycles. The second-order valence-electron chi connectivity index (χ2n) is 4.16. The van der Waals surface area contributed by atoms with Gasteiger partial charge in [0.2, 0.25) is 0 Å². The fraction of sp³-hybridized carbons (Fsp3) is 0.267. The van der Waals surface area contributed by atoms with E-state index in [1.165, 1.54) is 0 Å². The van der Waals surface area contributed by atoms with E-state index in [1.54, 1.807) is 19.5 Å². The van der Waals surface area contributed by atoms with Crippen molar-refractivity contribution in [3.05, 3.63) is 53.9 Å². The number of nitrogens with one attached hydrogen (secondary N) is 1. The Bertz CT molecular complexity index is 515. The Hall–Kier alpha value is -2.07. The molecule has 1 aromatic carbocycles. The van der Waals surface area contributed by atoms with Crippen molar-refractivity contribution in [2.75, 3.05) is 14.2 Å². The molecule has 0 bridgehead atoms. The van der Waals surface area contributed by atoms with E-state index >= 15 is 0 Å². The van der Waals surface area contributed by atoms with Gasteiger partial charge in [-0.15, -0.1) is 0 Å². The van der Waals surface area contributed by atoms with E-state index in [9.17, 15) is 0 Å². The number of pyridine rings is 1. The summed E-state index contributed by atoms with van der Waals surface area (Å²) in [5.41, 5.74) is 2.24. The van der Waals surface area contributed by atoms with Crippen molar-refractivity contribution in [1.29, 1.82) is 0 Å². The molecule has 4 heteroatoms. The Kier molecular flexibility index (Phi) is 4.75. The normalized spacial score (nSPS) is 10.2. The van der Waals surface area contributed by atoms with Crippen molar-refractivity contribution in [1.82, 2.24) is 10.3 Å². The van der Waals surface area contributed by atoms with Gasteiger partial charge >= 0.3 is 0 Å². The lowest BCUT2D eigenvalue weighted by atomic mass is 10.2. The highest BCUT2D eigenvalue weighted by Gasteiger charge is 2.06. The minimum Gasteiger partial charge on any atom is -0.493 e. The summed E-state index contributed by atoms with van der Waals surface area (Å²) in [5.74, 6) is 1.50. The molecule has 0 radical (unpaired) electrons. The van der Waals surface area contributed by atoms with Gasteiger partial charge in [0.1, 0.15) is 6.61 Å². The monoisotopic (exact) mass is 258 g/mol. The Labute approximate surface area is 113 Å². The minimum atomic E-state index is 0.502. The summed E-state index contributed by atoms with van der Waals surface area (Å²) in [6, 6.07) is 9.81. The molecule has 2 rings (SSSR count). The van der Waals surface area contributed by atoms with Crippen LogP contribution >= 0.6 is 0 Å². The molecule has 1 aromatic heterocycles. The number of rotatable bonds is 6. The summed E-state index contributed by atoms with van der Waals surface area (Å²) in [6.07, 6.45) is 3.51. The summed E-state index contributed by atoms with van der Waals surface area (Å²) in [5, 5.41) is 3.12. The second-order valence-corrected chi connectivity index (χ2v) is 4.16. The topological polar surface area (TPSA) is 43.4 Å². The van der Waals surface area contributed by atoms with Gasteiger partial charge in [-0.1, -0.05) is 6.07 Å². The predicted molar refractivity (Wildman–Crippen MR) is 74.3 cm³/mol. The van der Waals surface area contributed by atoms with Gasteiger partial charge in [0.05, 0.1) is 7.11 Å². The Balaban J connectivity index is 2.11. The predicted octanol–water partition coefficient (Wildman–Crippen LogP) is 2.39. The van der Waals surface area contributed by atoms with Gasteiger partial charge in [-0.2, -0.15) is 0 Å². The number of aromatic nitrogens is 1. The molecule has 0 aliphatic carbocycles. The molecule has 0 atom stereocenters. The van der Waals surface area contributed by atoms with Crippen LogP contribution in [0.1, 0.15) is 11.1 Å². The third-order valence-corrected chi connectivity index (χ3v) is 2.75. The maximum absolute atomic E-state index is 5.82. The van der Waals surface area contributed by atoms with Crippen LogP contribution in [0.5, 0.6) is 11.5 Å². The van der Waals surface area contributed by atoms with E-state index in [2.05, 4.69) is 10.3 Å². The van der Waals surface area contributed by atoms with Crippen LogP contribution in [0, 0.1) is 0 Å². The van der Waals surface area contributed by atoms with E-state index < -0.39 is 0 Å². The molecule has 0 aliphatic heterocycles. The van der Waals surface area contributed by atoms with Crippen molar-refractivity contribution in [3.8, 4) is 11.5 Å². The summed E-state index contributed by atoms with van der Waals surface area (Å²) in [6.45, 7) is 1.30. The van der Waals surface area contributed by atoms with Gasteiger partial charge < -0.3 is 14.8 Å². The van der Waals surface area contributed by atoms with Gasteiger partial charge in [-0.05, 0) is 42.4 Å². The lowest BCUT2D eigenvalue weighted by Gasteiger charge is -2.12. The van der Waals surface area contributed by atoms with Crippen molar-refractivity contribution in [2.24, 2.45) is 0 Å². The van der Waals surface area contributed by atoms with Crippen LogP contribution < -0.4 is 14.8 Å². The van der Waals surface area contributed by atoms with E-state index in [1.807, 2.05) is 37.4 Å². The van der Waals surface area contributed by atoms with Crippen molar-refractivity contribution in [2.45, 2.75) is 13.2 Å². The van der Waals surface area contributed by atoms with Gasteiger partial charge in [-0.3, -0.25) is 4.98 Å². The zero-order valence-electron chi connectivity index (χ0n) is 11.2. The largest absolute Gasteiger partial charge is 0.493 e. The van der Waals surface area contributed by atoms with E-state index in [4.69, 9.17) is 9.47 Å². The van der Waals surface area contributed by atoms with Gasteiger partial charge in [0.15, 0.2) is 11.5 Å². The zero-order chi connectivity index (χ0) is 13.5. The molecule has 100 valence electrons. The highest BCUT2D eigenvalue weighted by atomic mass is 16.5. The first kappa shape index (κ1) is 13.4. The second kappa shape index (κ2) is 6.75. The molecule has 0 saturated heterocycles. The minimum absolute atomic E-state index is 0.502. The zero-order valence-corrected chi connectivity index (χ0v) is 11.2. The van der Waals surface area contributed by atoms with Crippen LogP contribution in [0.3, 0.4) is 0 Å². The summed E-state index contributed by atoms with van der Waals surface area (Å²) >= 11 is 0. The third kappa shape index (κ3) is 3.69. The van der Waals surface area contributed by atoms with Crippen LogP contribution in [-0.2, 0) is 13.2 Å². The molecular formula is C15H18N2O2. The van der Waals surface area contributed by atoms with E-state index in [0.717, 1.165) is 29.2 Å². The smallest absolute Gasteiger partial charge is 0.161 e. The first-order valence-electron chi connectivity index (χ1n) is 6.16. The number of ether oxygens (including phenoxy) is 2. The Morgan fingerprint density at radius 2 is 1.84 bits per heavy atom. The average Bonchev–Trinajstić information content (AvgIpc) is 2.47. The lowest BCUT2D eigenvalue weighted by molar-refractivity contribution is 0.284. The van der Waals surface area contributed by atoms with Crippen molar-refractivity contribution >= 4 is 0 Å². The maximum Gasteiger partial charge on any atom is 0.161 e. The van der Waals surface area contributed by atoms with Gasteiger partial charge in [-0.25, -0.2) is 0 Å². The molecule has 19 heavy (non-hydrogen) atoms. The molecule has 0 fully saturated rings. The van der Waals surface area contributed by atoms with Crippen LogP contribution in [0.4, 0.5) is 0 Å². The lowest BCUT2D eigenvalue weighted by Crippen LogP contribution is -2.05. The van der Waals surface area contributed by atoms with Crippen LogP contribution in [-0.4, -0.2) is 19.1 Å². The quantitative estimate of drug-likeness (QED) is 0.864. The maximum atomic E-state index is 5.82.